The van der Waals surface area contributed by atoms with Crippen molar-refractivity contribution in [3.05, 3.63) is 71.0 Å². The first-order chi connectivity index (χ1) is 14.0. The zero-order valence-corrected chi connectivity index (χ0v) is 16.0. The van der Waals surface area contributed by atoms with Gasteiger partial charge in [-0.1, -0.05) is 11.6 Å². The van der Waals surface area contributed by atoms with Crippen LogP contribution < -0.4 is 21.9 Å². The zero-order valence-electron chi connectivity index (χ0n) is 15.3. The molecule has 0 unspecified atom stereocenters. The van der Waals surface area contributed by atoms with Gasteiger partial charge < -0.3 is 15.8 Å². The first-order valence-electron chi connectivity index (χ1n) is 8.35. The van der Waals surface area contributed by atoms with Gasteiger partial charge in [0.2, 0.25) is 0 Å². The number of hydrogen-bond donors (Lipinski definition) is 4. The molecule has 148 valence electrons. The normalized spacial score (nSPS) is 10.1. The van der Waals surface area contributed by atoms with Crippen LogP contribution in [0.4, 0.5) is 23.0 Å². The Kier molecular flexibility index (Phi) is 6.10. The maximum absolute atomic E-state index is 12.2. The maximum Gasteiger partial charge on any atom is 0.337 e. The second-order valence-electron chi connectivity index (χ2n) is 5.76. The Balaban J connectivity index is 1.68. The number of aromatic nitrogens is 2. The molecule has 0 fully saturated rings. The van der Waals surface area contributed by atoms with Crippen LogP contribution in [0, 0.1) is 0 Å². The predicted octanol–water partition coefficient (Wildman–Crippen LogP) is 3.00. The summed E-state index contributed by atoms with van der Waals surface area (Å²) in [5.41, 5.74) is 12.9. The van der Waals surface area contributed by atoms with Crippen molar-refractivity contribution in [2.75, 3.05) is 23.6 Å². The number of methoxy groups -OCH3 is 1. The molecule has 0 bridgehead atoms. The van der Waals surface area contributed by atoms with Crippen LogP contribution in [0.2, 0.25) is 5.02 Å². The number of carbonyl (C=O) groups excluding carboxylic acids is 2. The molecule has 10 heteroatoms. The van der Waals surface area contributed by atoms with Crippen LogP contribution in [0.5, 0.6) is 0 Å². The number of amides is 1. The minimum Gasteiger partial charge on any atom is -0.465 e. The van der Waals surface area contributed by atoms with Crippen molar-refractivity contribution < 1.29 is 14.3 Å². The number of hydrogen-bond acceptors (Lipinski definition) is 8. The smallest absolute Gasteiger partial charge is 0.337 e. The lowest BCUT2D eigenvalue weighted by molar-refractivity contribution is 0.0600. The molecule has 1 heterocycles. The summed E-state index contributed by atoms with van der Waals surface area (Å²) < 4.78 is 4.66. The van der Waals surface area contributed by atoms with E-state index in [2.05, 4.69) is 30.9 Å². The molecule has 29 heavy (non-hydrogen) atoms. The van der Waals surface area contributed by atoms with E-state index in [-0.39, 0.29) is 17.4 Å². The lowest BCUT2D eigenvalue weighted by Gasteiger charge is -2.13. The van der Waals surface area contributed by atoms with Gasteiger partial charge in [-0.15, -0.1) is 0 Å². The Morgan fingerprint density at radius 1 is 0.966 bits per heavy atom. The Bertz CT molecular complexity index is 1030. The topological polar surface area (TPSA) is 131 Å². The molecule has 0 saturated carbocycles. The summed E-state index contributed by atoms with van der Waals surface area (Å²) in [6.45, 7) is 0. The molecule has 0 spiro atoms. The molecule has 3 aromatic rings. The Morgan fingerprint density at radius 2 is 1.59 bits per heavy atom. The molecule has 5 N–H and O–H groups in total. The summed E-state index contributed by atoms with van der Waals surface area (Å²) in [7, 11) is 1.32. The van der Waals surface area contributed by atoms with Crippen LogP contribution in [-0.4, -0.2) is 29.0 Å². The molecular formula is C19H17ClN6O3. The monoisotopic (exact) mass is 412 g/mol. The highest BCUT2D eigenvalue weighted by Gasteiger charge is 2.11. The molecule has 0 aliphatic rings. The first-order valence-corrected chi connectivity index (χ1v) is 8.73. The number of halogens is 1. The highest BCUT2D eigenvalue weighted by molar-refractivity contribution is 6.30. The average Bonchev–Trinajstić information content (AvgIpc) is 2.74. The number of anilines is 4. The minimum atomic E-state index is -0.430. The molecule has 0 atom stereocenters. The van der Waals surface area contributed by atoms with Crippen LogP contribution in [0.3, 0.4) is 0 Å². The van der Waals surface area contributed by atoms with E-state index in [0.29, 0.717) is 27.7 Å². The third kappa shape index (κ3) is 4.90. The van der Waals surface area contributed by atoms with Gasteiger partial charge in [-0.2, -0.15) is 0 Å². The second kappa shape index (κ2) is 8.89. The van der Waals surface area contributed by atoms with E-state index in [1.165, 1.54) is 13.4 Å². The quantitative estimate of drug-likeness (QED) is 0.359. The van der Waals surface area contributed by atoms with Gasteiger partial charge in [-0.25, -0.2) is 14.8 Å². The summed E-state index contributed by atoms with van der Waals surface area (Å²) in [6.07, 6.45) is 1.29. The van der Waals surface area contributed by atoms with Gasteiger partial charge in [-0.3, -0.25) is 15.6 Å². The molecule has 1 amide bonds. The third-order valence-electron chi connectivity index (χ3n) is 3.85. The number of nitrogens with zero attached hydrogens (tertiary/aromatic N) is 2. The minimum absolute atomic E-state index is 0.195. The van der Waals surface area contributed by atoms with E-state index in [1.54, 1.807) is 48.5 Å². The number of hydrazine groups is 1. The fourth-order valence-corrected chi connectivity index (χ4v) is 2.45. The fraction of sp³-hybridized carbons (Fsp3) is 0.0526. The lowest BCUT2D eigenvalue weighted by Crippen LogP contribution is -2.30. The van der Waals surface area contributed by atoms with Crippen molar-refractivity contribution in [2.45, 2.75) is 0 Å². The van der Waals surface area contributed by atoms with E-state index >= 15 is 0 Å². The van der Waals surface area contributed by atoms with Crippen LogP contribution in [0.25, 0.3) is 0 Å². The van der Waals surface area contributed by atoms with Crippen molar-refractivity contribution >= 4 is 46.5 Å². The van der Waals surface area contributed by atoms with Gasteiger partial charge in [0.15, 0.2) is 11.6 Å². The predicted molar refractivity (Wildman–Crippen MR) is 110 cm³/mol. The zero-order chi connectivity index (χ0) is 20.8. The summed E-state index contributed by atoms with van der Waals surface area (Å²) in [5, 5.41) is 3.56. The van der Waals surface area contributed by atoms with Crippen LogP contribution >= 0.6 is 11.6 Å². The molecule has 0 aliphatic carbocycles. The summed E-state index contributed by atoms with van der Waals surface area (Å²) in [6, 6.07) is 13.0. The van der Waals surface area contributed by atoms with Crippen molar-refractivity contribution in [3.63, 3.8) is 0 Å². The van der Waals surface area contributed by atoms with Gasteiger partial charge in [0.25, 0.3) is 5.91 Å². The molecule has 0 saturated heterocycles. The van der Waals surface area contributed by atoms with Crippen molar-refractivity contribution in [1.29, 1.82) is 0 Å². The average molecular weight is 413 g/mol. The SMILES string of the molecule is COC(=O)c1ccc(Nc2ncnc(NNC(=O)c3ccc(Cl)cc3)c2N)cc1. The number of ether oxygens (including phenoxy) is 1. The number of carbonyl (C=O) groups is 2. The van der Waals surface area contributed by atoms with Crippen LogP contribution in [0.1, 0.15) is 20.7 Å². The van der Waals surface area contributed by atoms with Crippen molar-refractivity contribution in [3.8, 4) is 0 Å². The van der Waals surface area contributed by atoms with Gasteiger partial charge >= 0.3 is 5.97 Å². The Morgan fingerprint density at radius 3 is 2.24 bits per heavy atom. The van der Waals surface area contributed by atoms with Gasteiger partial charge in [0, 0.05) is 16.3 Å². The number of nitrogens with two attached hydrogens (primary N) is 1. The van der Waals surface area contributed by atoms with E-state index in [4.69, 9.17) is 17.3 Å². The number of rotatable bonds is 6. The summed E-state index contributed by atoms with van der Waals surface area (Å²) >= 11 is 5.81. The molecule has 9 nitrogen and oxygen atoms in total. The van der Waals surface area contributed by atoms with Gasteiger partial charge in [0.05, 0.1) is 12.7 Å². The molecule has 0 radical (unpaired) electrons. The van der Waals surface area contributed by atoms with Crippen molar-refractivity contribution in [2.24, 2.45) is 0 Å². The van der Waals surface area contributed by atoms with Crippen LogP contribution in [0.15, 0.2) is 54.9 Å². The molecule has 0 aliphatic heterocycles. The van der Waals surface area contributed by atoms with E-state index in [1.807, 2.05) is 0 Å². The fourth-order valence-electron chi connectivity index (χ4n) is 2.33. The number of nitrogen functional groups attached to an aromatic ring is 1. The highest BCUT2D eigenvalue weighted by Crippen LogP contribution is 2.25. The van der Waals surface area contributed by atoms with E-state index in [9.17, 15) is 9.59 Å². The maximum atomic E-state index is 12.2. The first kappa shape index (κ1) is 19.9. The molecular weight excluding hydrogens is 396 g/mol. The molecule has 1 aromatic heterocycles. The Hall–Kier alpha value is -3.85. The third-order valence-corrected chi connectivity index (χ3v) is 4.11. The summed E-state index contributed by atoms with van der Waals surface area (Å²) in [4.78, 5) is 31.8. The van der Waals surface area contributed by atoms with E-state index < -0.39 is 5.97 Å². The van der Waals surface area contributed by atoms with Gasteiger partial charge in [0.1, 0.15) is 12.0 Å². The van der Waals surface area contributed by atoms with E-state index in [0.717, 1.165) is 0 Å². The highest BCUT2D eigenvalue weighted by atomic mass is 35.5. The molecule has 3 rings (SSSR count). The largest absolute Gasteiger partial charge is 0.465 e. The Labute approximate surface area is 171 Å². The van der Waals surface area contributed by atoms with Crippen molar-refractivity contribution in [1.82, 2.24) is 15.4 Å². The number of nitrogens with one attached hydrogen (secondary N) is 3. The summed E-state index contributed by atoms with van der Waals surface area (Å²) in [5.74, 6) is -0.265. The number of esters is 1. The van der Waals surface area contributed by atoms with Gasteiger partial charge in [-0.05, 0) is 48.5 Å². The molecule has 2 aromatic carbocycles. The van der Waals surface area contributed by atoms with Crippen LogP contribution in [-0.2, 0) is 4.74 Å². The number of benzene rings is 2. The second-order valence-corrected chi connectivity index (χ2v) is 6.20. The lowest BCUT2D eigenvalue weighted by atomic mass is 10.2. The standard InChI is InChI=1S/C19H17ClN6O3/c1-29-19(28)12-4-8-14(9-5-12)24-16-15(21)17(23-10-22-16)25-26-18(27)11-2-6-13(20)7-3-11/h2-10H,21H2,1H3,(H,26,27)(H2,22,23,24,25).